The Kier molecular flexibility index (Phi) is 8.55. The Hall–Kier alpha value is -1.68. The molecule has 0 radical (unpaired) electrons. The molecular weight excluding hydrogens is 546 g/mol. The molecule has 2 bridgehead atoms. The highest BCUT2D eigenvalue weighted by molar-refractivity contribution is 14.0. The minimum Gasteiger partial charge on any atom is -0.357 e. The van der Waals surface area contributed by atoms with Crippen molar-refractivity contribution < 1.29 is 14.0 Å². The number of allylic oxidation sites excluding steroid dienone is 2. The highest BCUT2D eigenvalue weighted by Gasteiger charge is 2.58. The monoisotopic (exact) mass is 574 g/mol. The van der Waals surface area contributed by atoms with Crippen LogP contribution in [0.5, 0.6) is 0 Å². The SMILES string of the molecule is CCNC(=NCCCN1C(=O)C2C3C=CC(C3)C2C1=O)NCCc1c(F)cccc1Cl.I. The van der Waals surface area contributed by atoms with Gasteiger partial charge < -0.3 is 10.6 Å². The van der Waals surface area contributed by atoms with Gasteiger partial charge in [0, 0.05) is 36.8 Å². The number of imide groups is 1. The van der Waals surface area contributed by atoms with Crippen molar-refractivity contribution in [3.05, 3.63) is 46.8 Å². The van der Waals surface area contributed by atoms with Crippen LogP contribution in [0.1, 0.15) is 25.3 Å². The van der Waals surface area contributed by atoms with E-state index in [4.69, 9.17) is 11.6 Å². The smallest absolute Gasteiger partial charge is 0.233 e. The third kappa shape index (κ3) is 4.95. The average molecular weight is 575 g/mol. The summed E-state index contributed by atoms with van der Waals surface area (Å²) in [7, 11) is 0. The van der Waals surface area contributed by atoms with E-state index in [0.717, 1.165) is 6.42 Å². The summed E-state index contributed by atoms with van der Waals surface area (Å²) in [6, 6.07) is 4.66. The first-order valence-corrected chi connectivity index (χ1v) is 11.4. The molecule has 4 atom stereocenters. The number of hydrogen-bond donors (Lipinski definition) is 2. The zero-order chi connectivity index (χ0) is 22.0. The van der Waals surface area contributed by atoms with E-state index in [1.54, 1.807) is 12.1 Å². The van der Waals surface area contributed by atoms with Crippen LogP contribution in [0.25, 0.3) is 0 Å². The molecule has 0 aromatic heterocycles. The number of fused-ring (bicyclic) bond motifs is 5. The number of carbonyl (C=O) groups excluding carboxylic acids is 2. The van der Waals surface area contributed by atoms with Gasteiger partial charge in [0.2, 0.25) is 11.8 Å². The van der Waals surface area contributed by atoms with Crippen LogP contribution in [0.2, 0.25) is 5.02 Å². The number of halogens is 3. The van der Waals surface area contributed by atoms with Crippen LogP contribution in [0.3, 0.4) is 0 Å². The maximum absolute atomic E-state index is 13.9. The van der Waals surface area contributed by atoms with Crippen molar-refractivity contribution in [1.82, 2.24) is 15.5 Å². The van der Waals surface area contributed by atoms with Crippen molar-refractivity contribution in [2.45, 2.75) is 26.2 Å². The third-order valence-corrected chi connectivity index (χ3v) is 6.80. The summed E-state index contributed by atoms with van der Waals surface area (Å²) in [5, 5.41) is 6.75. The van der Waals surface area contributed by atoms with E-state index in [1.165, 1.54) is 11.0 Å². The number of likely N-dealkylation sites (tertiary alicyclic amines) is 1. The molecule has 1 saturated carbocycles. The van der Waals surface area contributed by atoms with Crippen LogP contribution in [0, 0.1) is 29.5 Å². The van der Waals surface area contributed by atoms with Gasteiger partial charge in [-0.15, -0.1) is 24.0 Å². The fraction of sp³-hybridized carbons (Fsp3) is 0.522. The fourth-order valence-corrected chi connectivity index (χ4v) is 5.28. The predicted octanol–water partition coefficient (Wildman–Crippen LogP) is 3.39. The van der Waals surface area contributed by atoms with Crippen molar-refractivity contribution in [2.75, 3.05) is 26.2 Å². The second-order valence-corrected chi connectivity index (χ2v) is 8.73. The van der Waals surface area contributed by atoms with Crippen LogP contribution < -0.4 is 10.6 Å². The zero-order valence-corrected chi connectivity index (χ0v) is 21.1. The second kappa shape index (κ2) is 11.0. The molecule has 9 heteroatoms. The molecule has 0 spiro atoms. The molecule has 6 nitrogen and oxygen atoms in total. The zero-order valence-electron chi connectivity index (χ0n) is 18.0. The van der Waals surface area contributed by atoms with Crippen LogP contribution in [0.4, 0.5) is 4.39 Å². The van der Waals surface area contributed by atoms with Crippen molar-refractivity contribution in [3.8, 4) is 0 Å². The molecule has 1 aromatic rings. The van der Waals surface area contributed by atoms with E-state index in [2.05, 4.69) is 27.8 Å². The van der Waals surface area contributed by atoms with Crippen LogP contribution >= 0.6 is 35.6 Å². The van der Waals surface area contributed by atoms with Gasteiger partial charge in [0.1, 0.15) is 5.82 Å². The Morgan fingerprint density at radius 3 is 2.50 bits per heavy atom. The molecule has 4 unspecified atom stereocenters. The number of nitrogens with one attached hydrogen (secondary N) is 2. The van der Waals surface area contributed by atoms with E-state index in [9.17, 15) is 14.0 Å². The topological polar surface area (TPSA) is 73.8 Å². The number of benzene rings is 1. The Labute approximate surface area is 210 Å². The summed E-state index contributed by atoms with van der Waals surface area (Å²) in [6.07, 6.45) is 6.20. The first-order valence-electron chi connectivity index (χ1n) is 11.0. The molecule has 2 amide bonds. The second-order valence-electron chi connectivity index (χ2n) is 8.32. The van der Waals surface area contributed by atoms with E-state index in [1.807, 2.05) is 6.92 Å². The molecule has 2 N–H and O–H groups in total. The quantitative estimate of drug-likeness (QED) is 0.125. The molecule has 1 saturated heterocycles. The van der Waals surface area contributed by atoms with Gasteiger partial charge >= 0.3 is 0 Å². The average Bonchev–Trinajstić information content (AvgIpc) is 3.42. The summed E-state index contributed by atoms with van der Waals surface area (Å²) in [5.41, 5.74) is 0.479. The van der Waals surface area contributed by atoms with Gasteiger partial charge in [-0.25, -0.2) is 4.39 Å². The molecule has 1 heterocycles. The Morgan fingerprint density at radius 2 is 1.88 bits per heavy atom. The highest BCUT2D eigenvalue weighted by Crippen LogP contribution is 2.52. The Morgan fingerprint density at radius 1 is 1.19 bits per heavy atom. The van der Waals surface area contributed by atoms with Crippen LogP contribution in [0.15, 0.2) is 35.3 Å². The number of nitrogens with zero attached hydrogens (tertiary/aromatic N) is 2. The van der Waals surface area contributed by atoms with Crippen LogP contribution in [-0.2, 0) is 16.0 Å². The molecule has 174 valence electrons. The van der Waals surface area contributed by atoms with Crippen molar-refractivity contribution >= 4 is 53.4 Å². The van der Waals surface area contributed by atoms with Gasteiger partial charge in [-0.05, 0) is 50.2 Å². The van der Waals surface area contributed by atoms with Crippen molar-refractivity contribution in [3.63, 3.8) is 0 Å². The minimum absolute atomic E-state index is 0. The van der Waals surface area contributed by atoms with Gasteiger partial charge in [0.15, 0.2) is 5.96 Å². The van der Waals surface area contributed by atoms with Crippen molar-refractivity contribution in [1.29, 1.82) is 0 Å². The van der Waals surface area contributed by atoms with E-state index >= 15 is 0 Å². The van der Waals surface area contributed by atoms with E-state index < -0.39 is 0 Å². The summed E-state index contributed by atoms with van der Waals surface area (Å²) in [4.78, 5) is 31.4. The molecule has 2 fully saturated rings. The molecule has 4 rings (SSSR count). The van der Waals surface area contributed by atoms with Gasteiger partial charge in [0.25, 0.3) is 0 Å². The summed E-state index contributed by atoms with van der Waals surface area (Å²) < 4.78 is 13.9. The number of rotatable bonds is 8. The molecule has 3 aliphatic rings. The third-order valence-electron chi connectivity index (χ3n) is 6.44. The standard InChI is InChI=1S/C23H28ClFN4O2.HI/c1-2-26-23(28-11-9-16-17(24)5-3-6-18(16)25)27-10-4-12-29-21(30)19-14-7-8-15(13-14)20(19)22(29)31;/h3,5-8,14-15,19-20H,2,4,9-13H2,1H3,(H2,26,27,28);1H. The Balaban J connectivity index is 0.00000289. The van der Waals surface area contributed by atoms with Gasteiger partial charge in [-0.3, -0.25) is 19.5 Å². The molecule has 1 aromatic carbocycles. The van der Waals surface area contributed by atoms with E-state index in [-0.39, 0.29) is 65.3 Å². The lowest BCUT2D eigenvalue weighted by Gasteiger charge is -2.17. The summed E-state index contributed by atoms with van der Waals surface area (Å²) >= 11 is 6.07. The van der Waals surface area contributed by atoms with E-state index in [0.29, 0.717) is 55.6 Å². The maximum atomic E-state index is 13.9. The normalized spacial score (nSPS) is 25.8. The lowest BCUT2D eigenvalue weighted by Crippen LogP contribution is -2.38. The number of guanidine groups is 1. The van der Waals surface area contributed by atoms with Gasteiger partial charge in [-0.2, -0.15) is 0 Å². The predicted molar refractivity (Wildman–Crippen MR) is 134 cm³/mol. The summed E-state index contributed by atoms with van der Waals surface area (Å²) in [5.74, 6) is 0.470. The molecular formula is C23H29ClFIN4O2. The largest absolute Gasteiger partial charge is 0.357 e. The summed E-state index contributed by atoms with van der Waals surface area (Å²) in [6.45, 7) is 4.02. The highest BCUT2D eigenvalue weighted by atomic mass is 127. The molecule has 1 aliphatic heterocycles. The Bertz CT molecular complexity index is 875. The van der Waals surface area contributed by atoms with Gasteiger partial charge in [-0.1, -0.05) is 29.8 Å². The van der Waals surface area contributed by atoms with Gasteiger partial charge in [0.05, 0.1) is 11.8 Å². The molecule has 32 heavy (non-hydrogen) atoms. The number of hydrogen-bond acceptors (Lipinski definition) is 3. The number of carbonyl (C=O) groups is 2. The first kappa shape index (κ1) is 25.0. The lowest BCUT2D eigenvalue weighted by atomic mass is 9.85. The maximum Gasteiger partial charge on any atom is 0.233 e. The number of amides is 2. The molecule has 2 aliphatic carbocycles. The first-order chi connectivity index (χ1) is 15.0. The van der Waals surface area contributed by atoms with Crippen LogP contribution in [-0.4, -0.2) is 48.9 Å². The fourth-order valence-electron chi connectivity index (χ4n) is 5.02. The van der Waals surface area contributed by atoms with Crippen molar-refractivity contribution in [2.24, 2.45) is 28.7 Å². The number of aliphatic imine (C=N–C) groups is 1. The lowest BCUT2D eigenvalue weighted by molar-refractivity contribution is -0.140. The minimum atomic E-state index is -0.315.